The van der Waals surface area contributed by atoms with Gasteiger partial charge in [-0.25, -0.2) is 0 Å². The standard InChI is InChI=1S/C21H32N4O2.HI/c1-22-21(25-11-9-17(15-25)16-27-13-12-26-2)23-10-5-6-18-14-24-20-8-4-3-7-19(18)20;/h3-4,7-8,14,17,24H,5-6,9-13,15-16H2,1-2H3,(H,22,23);1H. The van der Waals surface area contributed by atoms with Gasteiger partial charge in [0.1, 0.15) is 0 Å². The number of fused-ring (bicyclic) bond motifs is 1. The van der Waals surface area contributed by atoms with Crippen molar-refractivity contribution in [2.45, 2.75) is 19.3 Å². The van der Waals surface area contributed by atoms with Crippen molar-refractivity contribution in [1.29, 1.82) is 0 Å². The minimum absolute atomic E-state index is 0. The molecular formula is C21H33IN4O2. The van der Waals surface area contributed by atoms with E-state index in [1.807, 2.05) is 7.05 Å². The Kier molecular flexibility index (Phi) is 10.1. The van der Waals surface area contributed by atoms with Crippen LogP contribution in [0.25, 0.3) is 10.9 Å². The Labute approximate surface area is 185 Å². The number of hydrogen-bond donors (Lipinski definition) is 2. The third-order valence-electron chi connectivity index (χ3n) is 5.16. The highest BCUT2D eigenvalue weighted by molar-refractivity contribution is 14.0. The summed E-state index contributed by atoms with van der Waals surface area (Å²) in [6, 6.07) is 8.48. The van der Waals surface area contributed by atoms with Crippen LogP contribution in [0, 0.1) is 5.92 Å². The Morgan fingerprint density at radius 1 is 1.32 bits per heavy atom. The zero-order valence-electron chi connectivity index (χ0n) is 16.9. The third kappa shape index (κ3) is 6.35. The van der Waals surface area contributed by atoms with Crippen molar-refractivity contribution in [3.05, 3.63) is 36.0 Å². The monoisotopic (exact) mass is 500 g/mol. The number of methoxy groups -OCH3 is 1. The van der Waals surface area contributed by atoms with E-state index >= 15 is 0 Å². The summed E-state index contributed by atoms with van der Waals surface area (Å²) in [4.78, 5) is 10.2. The fourth-order valence-electron chi connectivity index (χ4n) is 3.70. The number of nitrogens with one attached hydrogen (secondary N) is 2. The molecule has 6 nitrogen and oxygen atoms in total. The molecule has 156 valence electrons. The van der Waals surface area contributed by atoms with Crippen LogP contribution in [0.4, 0.5) is 0 Å². The summed E-state index contributed by atoms with van der Waals surface area (Å²) in [5.41, 5.74) is 2.60. The molecule has 0 spiro atoms. The van der Waals surface area contributed by atoms with Crippen LogP contribution in [-0.2, 0) is 15.9 Å². The summed E-state index contributed by atoms with van der Waals surface area (Å²) in [6.07, 6.45) is 5.43. The van der Waals surface area contributed by atoms with Crippen LogP contribution in [0.5, 0.6) is 0 Å². The quantitative estimate of drug-likeness (QED) is 0.240. The van der Waals surface area contributed by atoms with Gasteiger partial charge in [-0.15, -0.1) is 24.0 Å². The molecule has 2 N–H and O–H groups in total. The largest absolute Gasteiger partial charge is 0.382 e. The topological polar surface area (TPSA) is 61.9 Å². The Morgan fingerprint density at radius 2 is 2.18 bits per heavy atom. The first-order valence-electron chi connectivity index (χ1n) is 9.89. The molecule has 2 aromatic rings. The molecule has 2 heterocycles. The van der Waals surface area contributed by atoms with Crippen molar-refractivity contribution in [2.24, 2.45) is 10.9 Å². The first kappa shape index (κ1) is 23.0. The van der Waals surface area contributed by atoms with E-state index in [0.717, 1.165) is 51.5 Å². The van der Waals surface area contributed by atoms with Crippen molar-refractivity contribution in [1.82, 2.24) is 15.2 Å². The number of aromatic amines is 1. The molecule has 0 bridgehead atoms. The lowest BCUT2D eigenvalue weighted by atomic mass is 10.1. The maximum atomic E-state index is 5.68. The Hall–Kier alpha value is -1.32. The minimum Gasteiger partial charge on any atom is -0.382 e. The minimum atomic E-state index is 0. The molecule has 7 heteroatoms. The number of aryl methyl sites for hydroxylation is 1. The number of hydrogen-bond acceptors (Lipinski definition) is 3. The lowest BCUT2D eigenvalue weighted by Crippen LogP contribution is -2.40. The number of aliphatic imine (C=N–C) groups is 1. The molecule has 0 aliphatic carbocycles. The lowest BCUT2D eigenvalue weighted by molar-refractivity contribution is 0.0536. The van der Waals surface area contributed by atoms with Gasteiger partial charge in [0.05, 0.1) is 19.8 Å². The van der Waals surface area contributed by atoms with Gasteiger partial charge >= 0.3 is 0 Å². The molecule has 1 aliphatic heterocycles. The van der Waals surface area contributed by atoms with Gasteiger partial charge < -0.3 is 24.7 Å². The Balaban J connectivity index is 0.00000280. The van der Waals surface area contributed by atoms with E-state index in [1.54, 1.807) is 7.11 Å². The molecule has 1 fully saturated rings. The SMILES string of the molecule is CN=C(NCCCc1c[nH]c2ccccc12)N1CCC(COCCOC)C1.I. The summed E-state index contributed by atoms with van der Waals surface area (Å²) >= 11 is 0. The smallest absolute Gasteiger partial charge is 0.193 e. The molecule has 28 heavy (non-hydrogen) atoms. The molecule has 0 radical (unpaired) electrons. The van der Waals surface area contributed by atoms with Crippen molar-refractivity contribution in [3.8, 4) is 0 Å². The Morgan fingerprint density at radius 3 is 3.00 bits per heavy atom. The van der Waals surface area contributed by atoms with E-state index in [2.05, 4.69) is 50.7 Å². The lowest BCUT2D eigenvalue weighted by Gasteiger charge is -2.21. The normalized spacial score (nSPS) is 17.1. The number of likely N-dealkylation sites (tertiary alicyclic amines) is 1. The van der Waals surface area contributed by atoms with Gasteiger partial charge in [0.25, 0.3) is 0 Å². The van der Waals surface area contributed by atoms with Crippen LogP contribution in [-0.4, -0.2) is 69.5 Å². The van der Waals surface area contributed by atoms with Crippen LogP contribution in [0.15, 0.2) is 35.5 Å². The van der Waals surface area contributed by atoms with Gasteiger partial charge in [0, 0.05) is 56.8 Å². The zero-order chi connectivity index (χ0) is 18.9. The number of halogens is 1. The number of aromatic nitrogens is 1. The number of guanidine groups is 1. The second-order valence-corrected chi connectivity index (χ2v) is 7.11. The summed E-state index contributed by atoms with van der Waals surface area (Å²) in [6.45, 7) is 5.12. The Bertz CT molecular complexity index is 734. The van der Waals surface area contributed by atoms with Gasteiger partial charge in [-0.05, 0) is 30.9 Å². The summed E-state index contributed by atoms with van der Waals surface area (Å²) in [5, 5.41) is 4.85. The number of rotatable bonds is 9. The van der Waals surface area contributed by atoms with Crippen LogP contribution >= 0.6 is 24.0 Å². The maximum Gasteiger partial charge on any atom is 0.193 e. The summed E-state index contributed by atoms with van der Waals surface area (Å²) in [7, 11) is 3.57. The number of para-hydroxylation sites is 1. The maximum absolute atomic E-state index is 5.68. The highest BCUT2D eigenvalue weighted by Gasteiger charge is 2.24. The van der Waals surface area contributed by atoms with Crippen LogP contribution < -0.4 is 5.32 Å². The van der Waals surface area contributed by atoms with Crippen molar-refractivity contribution >= 4 is 40.8 Å². The van der Waals surface area contributed by atoms with Gasteiger partial charge in [-0.3, -0.25) is 4.99 Å². The summed E-state index contributed by atoms with van der Waals surface area (Å²) in [5.74, 6) is 1.58. The molecule has 0 saturated carbocycles. The van der Waals surface area contributed by atoms with E-state index in [-0.39, 0.29) is 24.0 Å². The third-order valence-corrected chi connectivity index (χ3v) is 5.16. The second-order valence-electron chi connectivity index (χ2n) is 7.11. The fourth-order valence-corrected chi connectivity index (χ4v) is 3.70. The van der Waals surface area contributed by atoms with Crippen molar-refractivity contribution in [3.63, 3.8) is 0 Å². The predicted octanol–water partition coefficient (Wildman–Crippen LogP) is 3.28. The van der Waals surface area contributed by atoms with E-state index in [0.29, 0.717) is 19.1 Å². The molecule has 1 aromatic heterocycles. The number of ether oxygens (including phenoxy) is 2. The molecule has 1 saturated heterocycles. The van der Waals surface area contributed by atoms with E-state index in [4.69, 9.17) is 9.47 Å². The molecule has 1 aromatic carbocycles. The fraction of sp³-hybridized carbons (Fsp3) is 0.571. The highest BCUT2D eigenvalue weighted by atomic mass is 127. The zero-order valence-corrected chi connectivity index (χ0v) is 19.3. The second kappa shape index (κ2) is 12.3. The molecule has 1 atom stereocenters. The average Bonchev–Trinajstić information content (AvgIpc) is 3.33. The van der Waals surface area contributed by atoms with Crippen LogP contribution in [0.2, 0.25) is 0 Å². The molecule has 3 rings (SSSR count). The van der Waals surface area contributed by atoms with Crippen LogP contribution in [0.3, 0.4) is 0 Å². The van der Waals surface area contributed by atoms with E-state index < -0.39 is 0 Å². The highest BCUT2D eigenvalue weighted by Crippen LogP contribution is 2.19. The van der Waals surface area contributed by atoms with Gasteiger partial charge in [0.2, 0.25) is 0 Å². The van der Waals surface area contributed by atoms with Crippen LogP contribution in [0.1, 0.15) is 18.4 Å². The molecule has 0 amide bonds. The van der Waals surface area contributed by atoms with Crippen molar-refractivity contribution < 1.29 is 9.47 Å². The molecular weight excluding hydrogens is 467 g/mol. The van der Waals surface area contributed by atoms with Gasteiger partial charge in [-0.1, -0.05) is 18.2 Å². The first-order chi connectivity index (χ1) is 13.3. The number of H-pyrrole nitrogens is 1. The summed E-state index contributed by atoms with van der Waals surface area (Å²) < 4.78 is 10.7. The van der Waals surface area contributed by atoms with E-state index in [9.17, 15) is 0 Å². The first-order valence-corrected chi connectivity index (χ1v) is 9.89. The molecule has 1 aliphatic rings. The predicted molar refractivity (Wildman–Crippen MR) is 126 cm³/mol. The van der Waals surface area contributed by atoms with E-state index in [1.165, 1.54) is 16.5 Å². The van der Waals surface area contributed by atoms with Gasteiger partial charge in [0.15, 0.2) is 5.96 Å². The average molecular weight is 500 g/mol. The number of benzene rings is 1. The molecule has 1 unspecified atom stereocenters. The van der Waals surface area contributed by atoms with Gasteiger partial charge in [-0.2, -0.15) is 0 Å². The van der Waals surface area contributed by atoms with Crippen molar-refractivity contribution in [2.75, 3.05) is 53.6 Å². The number of nitrogens with zero attached hydrogens (tertiary/aromatic N) is 2.